The molecule has 2 N–H and O–H groups in total. The smallest absolute Gasteiger partial charge is 0.233 e. The number of hydrogen-bond donors (Lipinski definition) is 2. The fourth-order valence-corrected chi connectivity index (χ4v) is 4.51. The van der Waals surface area contributed by atoms with Crippen LogP contribution in [0.2, 0.25) is 0 Å². The Morgan fingerprint density at radius 1 is 1.00 bits per heavy atom. The first kappa shape index (κ1) is 15.6. The molecule has 0 radical (unpaired) electrons. The Morgan fingerprint density at radius 3 is 2.18 bits per heavy atom. The third-order valence-corrected chi connectivity index (χ3v) is 5.43. The zero-order chi connectivity index (χ0) is 16.4. The molecule has 2 amide bonds. The van der Waals surface area contributed by atoms with Crippen LogP contribution in [0, 0.1) is 23.7 Å². The van der Waals surface area contributed by atoms with Gasteiger partial charge in [0.25, 0.3) is 0 Å². The minimum Gasteiger partial charge on any atom is -0.390 e. The number of rotatable bonds is 0. The lowest BCUT2D eigenvalue weighted by molar-refractivity contribution is -0.156. The van der Waals surface area contributed by atoms with Gasteiger partial charge in [0.05, 0.1) is 24.0 Å². The molecule has 0 aromatic carbocycles. The Bertz CT molecular complexity index is 537. The van der Waals surface area contributed by atoms with Crippen LogP contribution in [0.25, 0.3) is 0 Å². The van der Waals surface area contributed by atoms with Crippen molar-refractivity contribution in [2.45, 2.75) is 57.8 Å². The number of aliphatic hydroxyl groups is 2. The molecular weight excluding hydrogens is 286 g/mol. The Labute approximate surface area is 129 Å². The average Bonchev–Trinajstić information content (AvgIpc) is 2.67. The minimum absolute atomic E-state index is 0.0646. The fraction of sp³-hybridized carbons (Fsp3) is 0.812. The van der Waals surface area contributed by atoms with Gasteiger partial charge < -0.3 is 10.2 Å². The van der Waals surface area contributed by atoms with Gasteiger partial charge in [-0.1, -0.05) is 0 Å². The summed E-state index contributed by atoms with van der Waals surface area (Å²) in [5.41, 5.74) is -0.622. The first-order valence-corrected chi connectivity index (χ1v) is 7.91. The van der Waals surface area contributed by atoms with Crippen molar-refractivity contribution < 1.29 is 24.6 Å². The molecule has 1 heterocycles. The van der Waals surface area contributed by atoms with Gasteiger partial charge in [-0.2, -0.15) is 0 Å². The molecule has 3 fully saturated rings. The summed E-state index contributed by atoms with van der Waals surface area (Å²) >= 11 is 0. The van der Waals surface area contributed by atoms with Crippen molar-refractivity contribution >= 4 is 17.6 Å². The summed E-state index contributed by atoms with van der Waals surface area (Å²) < 4.78 is 0. The highest BCUT2D eigenvalue weighted by Crippen LogP contribution is 2.50. The topological polar surface area (TPSA) is 94.9 Å². The molecule has 6 nitrogen and oxygen atoms in total. The second kappa shape index (κ2) is 4.86. The molecule has 1 aliphatic heterocycles. The lowest BCUT2D eigenvalue weighted by Gasteiger charge is -2.44. The lowest BCUT2D eigenvalue weighted by atomic mass is 9.60. The van der Waals surface area contributed by atoms with E-state index in [9.17, 15) is 24.6 Å². The van der Waals surface area contributed by atoms with E-state index in [-0.39, 0.29) is 24.0 Å². The minimum atomic E-state index is -1.14. The summed E-state index contributed by atoms with van der Waals surface area (Å²) in [6.07, 6.45) is -1.32. The summed E-state index contributed by atoms with van der Waals surface area (Å²) in [6.45, 7) is 5.40. The summed E-state index contributed by atoms with van der Waals surface area (Å²) in [6, 6.07) is 0. The van der Waals surface area contributed by atoms with Gasteiger partial charge in [0.15, 0.2) is 0 Å². The molecule has 0 aromatic rings. The molecule has 0 spiro atoms. The number of Topliss-reactive ketones (excluding diaryl/α,β-unsaturated/α-hetero) is 1. The quantitative estimate of drug-likeness (QED) is 0.619. The highest BCUT2D eigenvalue weighted by molar-refractivity contribution is 6.06. The molecule has 1 saturated heterocycles. The van der Waals surface area contributed by atoms with E-state index < -0.39 is 41.4 Å². The zero-order valence-corrected chi connectivity index (χ0v) is 13.2. The number of imide groups is 1. The lowest BCUT2D eigenvalue weighted by Crippen LogP contribution is -2.54. The predicted molar refractivity (Wildman–Crippen MR) is 76.4 cm³/mol. The number of carbonyl (C=O) groups excluding carboxylic acids is 3. The van der Waals surface area contributed by atoms with Crippen molar-refractivity contribution in [3.63, 3.8) is 0 Å². The van der Waals surface area contributed by atoms with Crippen LogP contribution in [0.4, 0.5) is 0 Å². The number of carbonyl (C=O) groups is 3. The van der Waals surface area contributed by atoms with Gasteiger partial charge in [0.2, 0.25) is 11.8 Å². The second-order valence-electron chi connectivity index (χ2n) is 7.80. The Kier molecular flexibility index (Phi) is 3.45. The molecule has 0 unspecified atom stereocenters. The molecule has 2 saturated carbocycles. The van der Waals surface area contributed by atoms with Crippen LogP contribution >= 0.6 is 0 Å². The van der Waals surface area contributed by atoms with Crippen LogP contribution in [-0.4, -0.2) is 50.5 Å². The third kappa shape index (κ3) is 2.04. The van der Waals surface area contributed by atoms with Crippen molar-refractivity contribution in [2.24, 2.45) is 23.7 Å². The zero-order valence-electron chi connectivity index (χ0n) is 13.2. The van der Waals surface area contributed by atoms with E-state index in [0.29, 0.717) is 12.8 Å². The highest BCUT2D eigenvalue weighted by atomic mass is 16.3. The van der Waals surface area contributed by atoms with Crippen LogP contribution in [0.15, 0.2) is 0 Å². The maximum atomic E-state index is 12.8. The number of likely N-dealkylation sites (tertiary alicyclic amines) is 1. The maximum Gasteiger partial charge on any atom is 0.233 e. The molecule has 0 aromatic heterocycles. The van der Waals surface area contributed by atoms with Gasteiger partial charge in [-0.15, -0.1) is 0 Å². The van der Waals surface area contributed by atoms with Crippen molar-refractivity contribution in [1.82, 2.24) is 4.90 Å². The number of amides is 2. The molecule has 3 rings (SSSR count). The van der Waals surface area contributed by atoms with Crippen LogP contribution in [0.1, 0.15) is 40.0 Å². The largest absolute Gasteiger partial charge is 0.390 e. The highest BCUT2D eigenvalue weighted by Gasteiger charge is 2.61. The van der Waals surface area contributed by atoms with Crippen molar-refractivity contribution in [3.8, 4) is 0 Å². The van der Waals surface area contributed by atoms with E-state index in [1.807, 2.05) is 0 Å². The second-order valence-corrected chi connectivity index (χ2v) is 7.80. The monoisotopic (exact) mass is 309 g/mol. The number of hydrogen-bond acceptors (Lipinski definition) is 5. The van der Waals surface area contributed by atoms with E-state index in [1.165, 1.54) is 4.90 Å². The third-order valence-electron chi connectivity index (χ3n) is 5.43. The summed E-state index contributed by atoms with van der Waals surface area (Å²) in [5.74, 6) is -2.83. The van der Waals surface area contributed by atoms with E-state index in [4.69, 9.17) is 0 Å². The molecule has 122 valence electrons. The van der Waals surface area contributed by atoms with Gasteiger partial charge >= 0.3 is 0 Å². The van der Waals surface area contributed by atoms with Crippen LogP contribution in [-0.2, 0) is 14.4 Å². The van der Waals surface area contributed by atoms with Crippen LogP contribution in [0.3, 0.4) is 0 Å². The van der Waals surface area contributed by atoms with E-state index in [0.717, 1.165) is 0 Å². The first-order chi connectivity index (χ1) is 10.1. The Hall–Kier alpha value is -1.27. The van der Waals surface area contributed by atoms with Gasteiger partial charge in [-0.3, -0.25) is 19.3 Å². The predicted octanol–water partition coefficient (Wildman–Crippen LogP) is 0.107. The fourth-order valence-electron chi connectivity index (χ4n) is 4.51. The van der Waals surface area contributed by atoms with E-state index >= 15 is 0 Å². The summed E-state index contributed by atoms with van der Waals surface area (Å²) in [4.78, 5) is 38.9. The van der Waals surface area contributed by atoms with Gasteiger partial charge in [-0.05, 0) is 33.6 Å². The normalized spacial score (nSPS) is 42.4. The number of ketones is 1. The van der Waals surface area contributed by atoms with Crippen molar-refractivity contribution in [2.75, 3.05) is 0 Å². The van der Waals surface area contributed by atoms with Gasteiger partial charge in [-0.25, -0.2) is 0 Å². The summed E-state index contributed by atoms with van der Waals surface area (Å²) in [5, 5.41) is 20.3. The molecular formula is C16H23NO5. The molecule has 6 atom stereocenters. The number of fused-ring (bicyclic) bond motifs is 3. The molecule has 0 bridgehead atoms. The Morgan fingerprint density at radius 2 is 1.59 bits per heavy atom. The van der Waals surface area contributed by atoms with Gasteiger partial charge in [0.1, 0.15) is 5.78 Å². The standard InChI is InChI=1S/C16H23NO5/c1-16(2,3)17-14(21)8-5-4-7-9(18)6-10(19)13(20)11(7)12(8)15(17)22/h7-8,10-13,19-20H,4-6H2,1-3H3/t7-,8-,10-,11+,12-,13-/m1/s1. The Balaban J connectivity index is 2.00. The van der Waals surface area contributed by atoms with E-state index in [2.05, 4.69) is 0 Å². The van der Waals surface area contributed by atoms with Crippen molar-refractivity contribution in [3.05, 3.63) is 0 Å². The maximum absolute atomic E-state index is 12.8. The van der Waals surface area contributed by atoms with Gasteiger partial charge in [0, 0.05) is 23.8 Å². The van der Waals surface area contributed by atoms with Crippen LogP contribution in [0.5, 0.6) is 0 Å². The number of nitrogens with zero attached hydrogens (tertiary/aromatic N) is 1. The van der Waals surface area contributed by atoms with E-state index in [1.54, 1.807) is 20.8 Å². The average molecular weight is 309 g/mol. The molecule has 6 heteroatoms. The SMILES string of the molecule is CC(C)(C)N1C(=O)[C@H]2[C@H]3[C@H](O)[C@H](O)CC(=O)[C@H]3CC[C@H]2C1=O. The molecule has 2 aliphatic carbocycles. The number of aliphatic hydroxyl groups excluding tert-OH is 2. The molecule has 22 heavy (non-hydrogen) atoms. The van der Waals surface area contributed by atoms with Crippen molar-refractivity contribution in [1.29, 1.82) is 0 Å². The first-order valence-electron chi connectivity index (χ1n) is 7.91. The summed E-state index contributed by atoms with van der Waals surface area (Å²) in [7, 11) is 0. The van der Waals surface area contributed by atoms with Crippen LogP contribution < -0.4 is 0 Å². The molecule has 3 aliphatic rings.